The van der Waals surface area contributed by atoms with Gasteiger partial charge in [0, 0.05) is 25.7 Å². The second-order valence-electron chi connectivity index (χ2n) is 15.3. The topological polar surface area (TPSA) is 58.6 Å². The molecule has 40 heavy (non-hydrogen) atoms. The normalized spacial score (nSPS) is 44.7. The average Bonchev–Trinajstić information content (AvgIpc) is 3.34. The number of carbonyl (C=O) groups is 1. The smallest absolute Gasteiger partial charge is 0.303 e. The molecule has 0 heterocycles. The van der Waals surface area contributed by atoms with E-state index >= 15 is 0 Å². The number of allylic oxidation sites excluding steroid dienone is 4. The maximum atomic E-state index is 11.4. The van der Waals surface area contributed by atoms with E-state index in [1.54, 1.807) is 0 Å². The number of nitrogens with one attached hydrogen (secondary N) is 1. The van der Waals surface area contributed by atoms with Crippen LogP contribution >= 0.6 is 0 Å². The molecule has 4 nitrogen and oxygen atoms in total. The molecule has 0 aromatic rings. The van der Waals surface area contributed by atoms with Gasteiger partial charge in [-0.3, -0.25) is 4.79 Å². The molecule has 0 aromatic heterocycles. The summed E-state index contributed by atoms with van der Waals surface area (Å²) in [4.78, 5) is 11.4. The summed E-state index contributed by atoms with van der Waals surface area (Å²) in [6.07, 6.45) is 21.5. The average molecular weight is 554 g/mol. The van der Waals surface area contributed by atoms with Crippen molar-refractivity contribution in [2.45, 2.75) is 130 Å². The van der Waals surface area contributed by atoms with Crippen LogP contribution in [0.3, 0.4) is 0 Å². The summed E-state index contributed by atoms with van der Waals surface area (Å²) in [6.45, 7) is 14.7. The molecule has 0 bridgehead atoms. The molecule has 0 aromatic carbocycles. The summed E-state index contributed by atoms with van der Waals surface area (Å²) in [5.41, 5.74) is 4.34. The number of carboxylic acids is 1. The lowest BCUT2D eigenvalue weighted by Crippen LogP contribution is -2.67. The molecule has 0 saturated heterocycles. The standard InChI is InChI=1S/C36H59NO3/c1-7-10-26(12-15-32(38)39)27-16-19-33(3)28(25(27)2)17-20-35(5)31(33)14-13-29-30-11-8-18-36(30,22-21-34(29,35)4)37-23-9-24-40-6/h10,16,25,28-31,37H,7-9,11-15,17-24H2,1-6H3,(H,38,39)/b26-10+/t25?,28?,29?,30-,31?,33?,34-,35?,36?/m1/s1. The largest absolute Gasteiger partial charge is 0.481 e. The minimum absolute atomic E-state index is 0.238. The van der Waals surface area contributed by atoms with Crippen LogP contribution < -0.4 is 5.32 Å². The Labute approximate surface area is 245 Å². The third-order valence-electron chi connectivity index (χ3n) is 14.0. The first-order valence-electron chi connectivity index (χ1n) is 16.9. The lowest BCUT2D eigenvalue weighted by Gasteiger charge is -2.71. The molecule has 2 N–H and O–H groups in total. The van der Waals surface area contributed by atoms with Crippen LogP contribution in [0.5, 0.6) is 0 Å². The molecule has 4 saturated carbocycles. The van der Waals surface area contributed by atoms with Crippen molar-refractivity contribution in [3.8, 4) is 0 Å². The fraction of sp³-hybridized carbons (Fsp3) is 0.861. The Morgan fingerprint density at radius 1 is 1.02 bits per heavy atom. The van der Waals surface area contributed by atoms with Crippen LogP contribution in [0.15, 0.2) is 23.3 Å². The van der Waals surface area contributed by atoms with E-state index in [-0.39, 0.29) is 6.42 Å². The van der Waals surface area contributed by atoms with E-state index in [1.807, 2.05) is 7.11 Å². The Morgan fingerprint density at radius 3 is 2.55 bits per heavy atom. The van der Waals surface area contributed by atoms with E-state index in [4.69, 9.17) is 4.74 Å². The highest BCUT2D eigenvalue weighted by atomic mass is 16.5. The fourth-order valence-corrected chi connectivity index (χ4v) is 11.9. The molecule has 5 aliphatic carbocycles. The quantitative estimate of drug-likeness (QED) is 0.266. The van der Waals surface area contributed by atoms with Gasteiger partial charge in [0.15, 0.2) is 0 Å². The molecule has 0 amide bonds. The van der Waals surface area contributed by atoms with Crippen LogP contribution in [-0.4, -0.2) is 36.9 Å². The minimum Gasteiger partial charge on any atom is -0.481 e. The zero-order valence-corrected chi connectivity index (χ0v) is 26.6. The van der Waals surface area contributed by atoms with Crippen molar-refractivity contribution in [1.29, 1.82) is 0 Å². The zero-order chi connectivity index (χ0) is 28.8. The van der Waals surface area contributed by atoms with Crippen LogP contribution in [0.2, 0.25) is 0 Å². The molecule has 7 unspecified atom stereocenters. The number of rotatable bonds is 10. The molecule has 5 rings (SSSR count). The third-order valence-corrected chi connectivity index (χ3v) is 14.0. The second-order valence-corrected chi connectivity index (χ2v) is 15.3. The maximum absolute atomic E-state index is 11.4. The van der Waals surface area contributed by atoms with E-state index in [1.165, 1.54) is 75.4 Å². The van der Waals surface area contributed by atoms with Gasteiger partial charge in [-0.25, -0.2) is 0 Å². The summed E-state index contributed by atoms with van der Waals surface area (Å²) in [5, 5.41) is 13.5. The van der Waals surface area contributed by atoms with Crippen molar-refractivity contribution in [3.05, 3.63) is 23.3 Å². The van der Waals surface area contributed by atoms with E-state index in [2.05, 4.69) is 52.1 Å². The van der Waals surface area contributed by atoms with Crippen LogP contribution in [0.4, 0.5) is 0 Å². The highest BCUT2D eigenvalue weighted by Crippen LogP contribution is 2.74. The third kappa shape index (κ3) is 4.76. The molecule has 4 heteroatoms. The van der Waals surface area contributed by atoms with Gasteiger partial charge in [-0.05, 0) is 141 Å². The van der Waals surface area contributed by atoms with E-state index in [0.29, 0.717) is 40.0 Å². The lowest BCUT2D eigenvalue weighted by molar-refractivity contribution is -0.212. The van der Waals surface area contributed by atoms with Crippen molar-refractivity contribution in [3.63, 3.8) is 0 Å². The van der Waals surface area contributed by atoms with Gasteiger partial charge in [0.25, 0.3) is 0 Å². The molecular formula is C36H59NO3. The van der Waals surface area contributed by atoms with Gasteiger partial charge >= 0.3 is 5.97 Å². The number of hydrogen-bond donors (Lipinski definition) is 2. The fourth-order valence-electron chi connectivity index (χ4n) is 11.9. The SMILES string of the molecule is CC/C=C(\CCC(=O)O)C1=CCC2(C)C(CCC3(C)C2CCC2[C@H]4CCCC4(NCCCOC)CC[C@]23C)C1C. The second kappa shape index (κ2) is 11.5. The molecule has 0 spiro atoms. The molecule has 5 aliphatic rings. The van der Waals surface area contributed by atoms with Gasteiger partial charge in [-0.2, -0.15) is 0 Å². The first kappa shape index (κ1) is 30.3. The number of carboxylic acid groups (broad SMARTS) is 1. The summed E-state index contributed by atoms with van der Waals surface area (Å²) >= 11 is 0. The van der Waals surface area contributed by atoms with E-state index in [0.717, 1.165) is 43.7 Å². The number of fused-ring (bicyclic) bond motifs is 7. The van der Waals surface area contributed by atoms with Crippen molar-refractivity contribution in [1.82, 2.24) is 5.32 Å². The minimum atomic E-state index is -0.682. The Bertz CT molecular complexity index is 1000. The first-order chi connectivity index (χ1) is 19.1. The molecule has 0 aliphatic heterocycles. The molecule has 0 radical (unpaired) electrons. The molecule has 9 atom stereocenters. The Balaban J connectivity index is 1.39. The number of methoxy groups -OCH3 is 1. The van der Waals surface area contributed by atoms with Crippen molar-refractivity contribution >= 4 is 5.97 Å². The van der Waals surface area contributed by atoms with Gasteiger partial charge in [0.2, 0.25) is 0 Å². The van der Waals surface area contributed by atoms with E-state index in [9.17, 15) is 9.90 Å². The summed E-state index contributed by atoms with van der Waals surface area (Å²) < 4.78 is 5.36. The lowest BCUT2D eigenvalue weighted by atomic mass is 9.34. The maximum Gasteiger partial charge on any atom is 0.303 e. The number of hydrogen-bond acceptors (Lipinski definition) is 3. The Morgan fingerprint density at radius 2 is 1.82 bits per heavy atom. The van der Waals surface area contributed by atoms with E-state index < -0.39 is 5.97 Å². The van der Waals surface area contributed by atoms with Crippen LogP contribution in [0, 0.1) is 45.8 Å². The molecular weight excluding hydrogens is 494 g/mol. The van der Waals surface area contributed by atoms with Crippen LogP contribution in [-0.2, 0) is 9.53 Å². The predicted molar refractivity (Wildman–Crippen MR) is 164 cm³/mol. The van der Waals surface area contributed by atoms with Crippen LogP contribution in [0.1, 0.15) is 125 Å². The first-order valence-corrected chi connectivity index (χ1v) is 16.9. The summed E-state index contributed by atoms with van der Waals surface area (Å²) in [7, 11) is 1.82. The zero-order valence-electron chi connectivity index (χ0n) is 26.6. The van der Waals surface area contributed by atoms with Crippen molar-refractivity contribution in [2.24, 2.45) is 45.8 Å². The highest BCUT2D eigenvalue weighted by molar-refractivity contribution is 5.67. The Kier molecular flexibility index (Phi) is 8.73. The number of ether oxygens (including phenoxy) is 1. The van der Waals surface area contributed by atoms with Gasteiger partial charge in [-0.15, -0.1) is 0 Å². The van der Waals surface area contributed by atoms with Gasteiger partial charge in [0.05, 0.1) is 0 Å². The van der Waals surface area contributed by atoms with Gasteiger partial charge in [0.1, 0.15) is 0 Å². The van der Waals surface area contributed by atoms with Gasteiger partial charge < -0.3 is 15.2 Å². The van der Waals surface area contributed by atoms with Crippen molar-refractivity contribution < 1.29 is 14.6 Å². The summed E-state index contributed by atoms with van der Waals surface area (Å²) in [6, 6.07) is 0. The molecule has 226 valence electrons. The van der Waals surface area contributed by atoms with Crippen molar-refractivity contribution in [2.75, 3.05) is 20.3 Å². The molecule has 4 fully saturated rings. The van der Waals surface area contributed by atoms with Crippen LogP contribution in [0.25, 0.3) is 0 Å². The monoisotopic (exact) mass is 553 g/mol. The number of aliphatic carboxylic acids is 1. The van der Waals surface area contributed by atoms with Gasteiger partial charge in [-0.1, -0.05) is 53.2 Å². The summed E-state index contributed by atoms with van der Waals surface area (Å²) in [5.74, 6) is 3.00. The highest BCUT2D eigenvalue weighted by Gasteiger charge is 2.68. The Hall–Kier alpha value is -1.13. The predicted octanol–water partition coefficient (Wildman–Crippen LogP) is 8.57.